The highest BCUT2D eigenvalue weighted by atomic mass is 16.5. The zero-order chi connectivity index (χ0) is 11.9. The molecule has 0 fully saturated rings. The Balaban J connectivity index is 1.93. The normalized spacial score (nSPS) is 10.1. The Kier molecular flexibility index (Phi) is 3.87. The van der Waals surface area contributed by atoms with E-state index in [0.717, 1.165) is 12.0 Å². The van der Waals surface area contributed by atoms with Crippen LogP contribution in [0, 0.1) is 11.3 Å². The van der Waals surface area contributed by atoms with E-state index in [4.69, 9.17) is 9.78 Å². The molecule has 0 aliphatic rings. The minimum Gasteiger partial charge on any atom is -0.339 e. The molecule has 1 heterocycles. The Morgan fingerprint density at radius 1 is 1.24 bits per heavy atom. The predicted molar refractivity (Wildman–Crippen MR) is 62.1 cm³/mol. The molecule has 1 aromatic carbocycles. The second-order valence-electron chi connectivity index (χ2n) is 3.78. The van der Waals surface area contributed by atoms with Crippen molar-refractivity contribution >= 4 is 0 Å². The number of benzene rings is 1. The van der Waals surface area contributed by atoms with Gasteiger partial charge in [-0.3, -0.25) is 0 Å². The average molecular weight is 227 g/mol. The minimum atomic E-state index is 0.524. The van der Waals surface area contributed by atoms with Gasteiger partial charge in [-0.05, 0) is 12.0 Å². The van der Waals surface area contributed by atoms with Gasteiger partial charge in [-0.25, -0.2) is 0 Å². The molecule has 2 aromatic rings. The average Bonchev–Trinajstić information content (AvgIpc) is 2.79. The van der Waals surface area contributed by atoms with Crippen LogP contribution in [0.1, 0.15) is 30.1 Å². The van der Waals surface area contributed by atoms with Gasteiger partial charge in [0.1, 0.15) is 0 Å². The fraction of sp³-hybridized carbons (Fsp3) is 0.308. The highest BCUT2D eigenvalue weighted by Gasteiger charge is 2.06. The van der Waals surface area contributed by atoms with Crippen LogP contribution in [0.2, 0.25) is 0 Å². The van der Waals surface area contributed by atoms with E-state index >= 15 is 0 Å². The van der Waals surface area contributed by atoms with E-state index in [0.29, 0.717) is 31.0 Å². The first-order valence-electron chi connectivity index (χ1n) is 5.61. The Labute approximate surface area is 99.9 Å². The Morgan fingerprint density at radius 3 is 2.82 bits per heavy atom. The standard InChI is InChI=1S/C13H13N3O/c14-9-5-4-8-13-15-12(16-17-13)10-11-6-2-1-3-7-11/h1-3,6-7H,4-5,8,10H2. The fourth-order valence-corrected chi connectivity index (χ4v) is 1.56. The summed E-state index contributed by atoms with van der Waals surface area (Å²) in [6.45, 7) is 0. The quantitative estimate of drug-likeness (QED) is 0.736. The van der Waals surface area contributed by atoms with Gasteiger partial charge in [0, 0.05) is 19.3 Å². The maximum Gasteiger partial charge on any atom is 0.226 e. The molecule has 0 spiro atoms. The second kappa shape index (κ2) is 5.80. The van der Waals surface area contributed by atoms with Crippen molar-refractivity contribution in [3.63, 3.8) is 0 Å². The van der Waals surface area contributed by atoms with Crippen molar-refractivity contribution in [3.8, 4) is 6.07 Å². The molecule has 4 heteroatoms. The molecule has 0 saturated carbocycles. The van der Waals surface area contributed by atoms with Gasteiger partial charge >= 0.3 is 0 Å². The summed E-state index contributed by atoms with van der Waals surface area (Å²) in [5.74, 6) is 1.31. The van der Waals surface area contributed by atoms with Crippen LogP contribution in [0.25, 0.3) is 0 Å². The number of unbranched alkanes of at least 4 members (excludes halogenated alkanes) is 1. The highest BCUT2D eigenvalue weighted by Crippen LogP contribution is 2.08. The Bertz CT molecular complexity index is 499. The molecular formula is C13H13N3O. The lowest BCUT2D eigenvalue weighted by Crippen LogP contribution is -1.91. The molecule has 0 aliphatic heterocycles. The number of rotatable bonds is 5. The number of aryl methyl sites for hydroxylation is 1. The van der Waals surface area contributed by atoms with Gasteiger partial charge < -0.3 is 4.52 Å². The Hall–Kier alpha value is -2.15. The van der Waals surface area contributed by atoms with Crippen LogP contribution >= 0.6 is 0 Å². The van der Waals surface area contributed by atoms with Crippen LogP contribution < -0.4 is 0 Å². The van der Waals surface area contributed by atoms with Crippen LogP contribution in [0.3, 0.4) is 0 Å². The van der Waals surface area contributed by atoms with Crippen LogP contribution in [0.15, 0.2) is 34.9 Å². The van der Waals surface area contributed by atoms with E-state index in [-0.39, 0.29) is 0 Å². The summed E-state index contributed by atoms with van der Waals surface area (Å²) in [6.07, 6.45) is 2.65. The molecule has 4 nitrogen and oxygen atoms in total. The number of hydrogen-bond donors (Lipinski definition) is 0. The van der Waals surface area contributed by atoms with E-state index in [1.807, 2.05) is 30.3 Å². The van der Waals surface area contributed by atoms with Crippen LogP contribution in [-0.4, -0.2) is 10.1 Å². The summed E-state index contributed by atoms with van der Waals surface area (Å²) in [5, 5.41) is 12.3. The van der Waals surface area contributed by atoms with Crippen molar-refractivity contribution < 1.29 is 4.52 Å². The Morgan fingerprint density at radius 2 is 2.06 bits per heavy atom. The third-order valence-corrected chi connectivity index (χ3v) is 2.39. The van der Waals surface area contributed by atoms with E-state index in [9.17, 15) is 0 Å². The molecule has 0 aliphatic carbocycles. The first-order chi connectivity index (χ1) is 8.38. The molecule has 2 rings (SSSR count). The first-order valence-corrected chi connectivity index (χ1v) is 5.61. The third-order valence-electron chi connectivity index (χ3n) is 2.39. The van der Waals surface area contributed by atoms with Crippen molar-refractivity contribution in [1.29, 1.82) is 5.26 Å². The van der Waals surface area contributed by atoms with Crippen LogP contribution in [0.5, 0.6) is 0 Å². The summed E-state index contributed by atoms with van der Waals surface area (Å²) >= 11 is 0. The van der Waals surface area contributed by atoms with Gasteiger partial charge in [-0.2, -0.15) is 10.2 Å². The van der Waals surface area contributed by atoms with E-state index in [2.05, 4.69) is 16.2 Å². The van der Waals surface area contributed by atoms with Gasteiger partial charge in [-0.1, -0.05) is 35.5 Å². The summed E-state index contributed by atoms with van der Waals surface area (Å²) in [6, 6.07) is 12.1. The van der Waals surface area contributed by atoms with Crippen molar-refractivity contribution in [3.05, 3.63) is 47.6 Å². The third kappa shape index (κ3) is 3.42. The van der Waals surface area contributed by atoms with E-state index in [1.165, 1.54) is 0 Å². The van der Waals surface area contributed by atoms with Gasteiger partial charge in [0.05, 0.1) is 6.07 Å². The molecule has 0 saturated heterocycles. The fourth-order valence-electron chi connectivity index (χ4n) is 1.56. The molecule has 1 aromatic heterocycles. The number of nitriles is 1. The van der Waals surface area contributed by atoms with Crippen LogP contribution in [0.4, 0.5) is 0 Å². The van der Waals surface area contributed by atoms with Crippen molar-refractivity contribution in [1.82, 2.24) is 10.1 Å². The summed E-state index contributed by atoms with van der Waals surface area (Å²) in [5.41, 5.74) is 1.16. The van der Waals surface area contributed by atoms with Gasteiger partial charge in [-0.15, -0.1) is 0 Å². The van der Waals surface area contributed by atoms with Crippen molar-refractivity contribution in [2.24, 2.45) is 0 Å². The van der Waals surface area contributed by atoms with Crippen LogP contribution in [-0.2, 0) is 12.8 Å². The zero-order valence-electron chi connectivity index (χ0n) is 9.47. The van der Waals surface area contributed by atoms with Crippen molar-refractivity contribution in [2.75, 3.05) is 0 Å². The number of aromatic nitrogens is 2. The molecule has 86 valence electrons. The highest BCUT2D eigenvalue weighted by molar-refractivity contribution is 5.18. The van der Waals surface area contributed by atoms with E-state index < -0.39 is 0 Å². The molecule has 0 radical (unpaired) electrons. The second-order valence-corrected chi connectivity index (χ2v) is 3.78. The van der Waals surface area contributed by atoms with Gasteiger partial charge in [0.25, 0.3) is 0 Å². The molecule has 0 amide bonds. The monoisotopic (exact) mass is 227 g/mol. The summed E-state index contributed by atoms with van der Waals surface area (Å²) in [4.78, 5) is 4.29. The van der Waals surface area contributed by atoms with Crippen molar-refractivity contribution in [2.45, 2.75) is 25.7 Å². The van der Waals surface area contributed by atoms with E-state index in [1.54, 1.807) is 0 Å². The summed E-state index contributed by atoms with van der Waals surface area (Å²) in [7, 11) is 0. The lowest BCUT2D eigenvalue weighted by molar-refractivity contribution is 0.371. The molecule has 17 heavy (non-hydrogen) atoms. The largest absolute Gasteiger partial charge is 0.339 e. The lowest BCUT2D eigenvalue weighted by Gasteiger charge is -1.93. The number of hydrogen-bond acceptors (Lipinski definition) is 4. The summed E-state index contributed by atoms with van der Waals surface area (Å²) < 4.78 is 5.11. The van der Waals surface area contributed by atoms with Gasteiger partial charge in [0.2, 0.25) is 5.89 Å². The lowest BCUT2D eigenvalue weighted by atomic mass is 10.1. The topological polar surface area (TPSA) is 62.7 Å². The zero-order valence-corrected chi connectivity index (χ0v) is 9.47. The van der Waals surface area contributed by atoms with Gasteiger partial charge in [0.15, 0.2) is 5.82 Å². The maximum atomic E-state index is 8.43. The SMILES string of the molecule is N#CCCCc1nc(Cc2ccccc2)no1. The molecule has 0 unspecified atom stereocenters. The first kappa shape index (κ1) is 11.3. The maximum absolute atomic E-state index is 8.43. The smallest absolute Gasteiger partial charge is 0.226 e. The molecule has 0 N–H and O–H groups in total. The number of nitrogens with zero attached hydrogens (tertiary/aromatic N) is 3. The minimum absolute atomic E-state index is 0.524. The molecule has 0 bridgehead atoms. The predicted octanol–water partition coefficient (Wildman–Crippen LogP) is 2.51. The molecular weight excluding hydrogens is 214 g/mol. The molecule has 0 atom stereocenters.